The zero-order valence-corrected chi connectivity index (χ0v) is 14.6. The zero-order valence-electron chi connectivity index (χ0n) is 13.8. The van der Waals surface area contributed by atoms with Crippen molar-refractivity contribution in [3.8, 4) is 5.75 Å². The molecule has 0 bridgehead atoms. The molecule has 6 heteroatoms. The van der Waals surface area contributed by atoms with Crippen LogP contribution in [0.5, 0.6) is 5.75 Å². The second-order valence-electron chi connectivity index (χ2n) is 6.03. The number of ether oxygens (including phenoxy) is 1. The highest BCUT2D eigenvalue weighted by atomic mass is 35.5. The van der Waals surface area contributed by atoms with E-state index in [-0.39, 0.29) is 18.2 Å². The Morgan fingerprint density at radius 1 is 1.24 bits per heavy atom. The number of benzene rings is 2. The Morgan fingerprint density at radius 2 is 2.00 bits per heavy atom. The number of fused-ring (bicyclic) bond motifs is 1. The summed E-state index contributed by atoms with van der Waals surface area (Å²) in [6.07, 6.45) is -0.131. The van der Waals surface area contributed by atoms with Crippen LogP contribution in [0.3, 0.4) is 0 Å². The molecule has 0 fully saturated rings. The first-order valence-electron chi connectivity index (χ1n) is 8.10. The van der Waals surface area contributed by atoms with Crippen molar-refractivity contribution >= 4 is 29.1 Å². The first-order valence-corrected chi connectivity index (χ1v) is 8.48. The van der Waals surface area contributed by atoms with Crippen LogP contribution in [-0.2, 0) is 16.0 Å². The topological polar surface area (TPSA) is 67.4 Å². The highest BCUT2D eigenvalue weighted by molar-refractivity contribution is 6.30. The molecule has 0 saturated heterocycles. The Bertz CT molecular complexity index is 790. The maximum atomic E-state index is 12.1. The highest BCUT2D eigenvalue weighted by Gasteiger charge is 2.29. The molecule has 3 rings (SSSR count). The Balaban J connectivity index is 1.50. The Kier molecular flexibility index (Phi) is 5.24. The van der Waals surface area contributed by atoms with Crippen LogP contribution in [0.1, 0.15) is 17.5 Å². The van der Waals surface area contributed by atoms with Crippen molar-refractivity contribution in [3.63, 3.8) is 0 Å². The van der Waals surface area contributed by atoms with Gasteiger partial charge in [-0.3, -0.25) is 9.59 Å². The van der Waals surface area contributed by atoms with Gasteiger partial charge in [-0.1, -0.05) is 29.8 Å². The number of hydrogen-bond donors (Lipinski definition) is 2. The van der Waals surface area contributed by atoms with Gasteiger partial charge in [-0.15, -0.1) is 0 Å². The lowest BCUT2D eigenvalue weighted by atomic mass is 10.1. The average Bonchev–Trinajstić information content (AvgIpc) is 2.57. The predicted molar refractivity (Wildman–Crippen MR) is 97.0 cm³/mol. The zero-order chi connectivity index (χ0) is 17.8. The maximum absolute atomic E-state index is 12.1. The van der Waals surface area contributed by atoms with Crippen LogP contribution < -0.4 is 15.4 Å². The van der Waals surface area contributed by atoms with Gasteiger partial charge in [0, 0.05) is 11.6 Å². The minimum absolute atomic E-state index is 0.0141. The molecule has 0 spiro atoms. The number of carbonyl (C=O) groups excluding carboxylic acids is 2. The highest BCUT2D eigenvalue weighted by Crippen LogP contribution is 2.30. The summed E-state index contributed by atoms with van der Waals surface area (Å²) < 4.78 is 5.66. The van der Waals surface area contributed by atoms with Crippen molar-refractivity contribution in [1.29, 1.82) is 0 Å². The van der Waals surface area contributed by atoms with Gasteiger partial charge in [-0.05, 0) is 48.7 Å². The molecule has 2 aromatic carbocycles. The standard InChI is InChI=1S/C19H19ClN2O3/c1-12-2-7-16-15(10-12)22-19(24)17(25-16)11-18(23)21-9-8-13-3-5-14(20)6-4-13/h2-7,10,17H,8-9,11H2,1H3,(H,21,23)(H,22,24). The van der Waals surface area contributed by atoms with Crippen LogP contribution >= 0.6 is 11.6 Å². The molecule has 1 aliphatic rings. The normalized spacial score (nSPS) is 15.8. The Morgan fingerprint density at radius 3 is 2.76 bits per heavy atom. The largest absolute Gasteiger partial charge is 0.478 e. The number of rotatable bonds is 5. The molecular weight excluding hydrogens is 340 g/mol. The van der Waals surface area contributed by atoms with E-state index in [9.17, 15) is 9.59 Å². The molecule has 0 aromatic heterocycles. The second-order valence-corrected chi connectivity index (χ2v) is 6.46. The number of carbonyl (C=O) groups is 2. The van der Waals surface area contributed by atoms with Crippen LogP contribution in [-0.4, -0.2) is 24.5 Å². The molecule has 1 aliphatic heterocycles. The monoisotopic (exact) mass is 358 g/mol. The fourth-order valence-electron chi connectivity index (χ4n) is 2.64. The molecular formula is C19H19ClN2O3. The third-order valence-corrected chi connectivity index (χ3v) is 4.23. The number of halogens is 1. The summed E-state index contributed by atoms with van der Waals surface area (Å²) in [5, 5.41) is 6.29. The van der Waals surface area contributed by atoms with Crippen molar-refractivity contribution in [2.24, 2.45) is 0 Å². The van der Waals surface area contributed by atoms with Crippen LogP contribution in [0.25, 0.3) is 0 Å². The number of hydrogen-bond acceptors (Lipinski definition) is 3. The summed E-state index contributed by atoms with van der Waals surface area (Å²) in [6, 6.07) is 13.0. The molecule has 1 heterocycles. The molecule has 25 heavy (non-hydrogen) atoms. The molecule has 0 radical (unpaired) electrons. The van der Waals surface area contributed by atoms with E-state index >= 15 is 0 Å². The third kappa shape index (κ3) is 4.51. The van der Waals surface area contributed by atoms with Gasteiger partial charge in [0.25, 0.3) is 5.91 Å². The third-order valence-electron chi connectivity index (χ3n) is 3.97. The SMILES string of the molecule is Cc1ccc2c(c1)NC(=O)C(CC(=O)NCCc1ccc(Cl)cc1)O2. The summed E-state index contributed by atoms with van der Waals surface area (Å²) in [6.45, 7) is 2.43. The fourth-order valence-corrected chi connectivity index (χ4v) is 2.76. The van der Waals surface area contributed by atoms with Gasteiger partial charge in [-0.25, -0.2) is 0 Å². The van der Waals surface area contributed by atoms with Crippen molar-refractivity contribution in [2.45, 2.75) is 25.9 Å². The quantitative estimate of drug-likeness (QED) is 0.863. The van der Waals surface area contributed by atoms with Gasteiger partial charge in [0.15, 0.2) is 6.10 Å². The van der Waals surface area contributed by atoms with E-state index in [1.807, 2.05) is 43.3 Å². The predicted octanol–water partition coefficient (Wildman–Crippen LogP) is 3.10. The molecule has 5 nitrogen and oxygen atoms in total. The average molecular weight is 359 g/mol. The second kappa shape index (κ2) is 7.57. The van der Waals surface area contributed by atoms with Gasteiger partial charge >= 0.3 is 0 Å². The first-order chi connectivity index (χ1) is 12.0. The van der Waals surface area contributed by atoms with E-state index < -0.39 is 6.10 Å². The number of aryl methyl sites for hydroxylation is 1. The Labute approximate surface area is 151 Å². The minimum atomic E-state index is -0.814. The van der Waals surface area contributed by atoms with Crippen LogP contribution in [0.2, 0.25) is 5.02 Å². The van der Waals surface area contributed by atoms with Gasteiger partial charge in [-0.2, -0.15) is 0 Å². The number of nitrogens with one attached hydrogen (secondary N) is 2. The van der Waals surface area contributed by atoms with E-state index in [1.165, 1.54) is 0 Å². The fraction of sp³-hybridized carbons (Fsp3) is 0.263. The molecule has 1 atom stereocenters. The van der Waals surface area contributed by atoms with E-state index in [0.29, 0.717) is 29.4 Å². The molecule has 2 N–H and O–H groups in total. The summed E-state index contributed by atoms with van der Waals surface area (Å²) in [4.78, 5) is 24.2. The lowest BCUT2D eigenvalue weighted by Gasteiger charge is -2.25. The smallest absolute Gasteiger partial charge is 0.266 e. The molecule has 2 amide bonds. The van der Waals surface area contributed by atoms with Gasteiger partial charge in [0.2, 0.25) is 5.91 Å². The minimum Gasteiger partial charge on any atom is -0.478 e. The number of amides is 2. The number of anilines is 1. The lowest BCUT2D eigenvalue weighted by molar-refractivity contribution is -0.130. The van der Waals surface area contributed by atoms with E-state index in [0.717, 1.165) is 11.1 Å². The molecule has 0 saturated carbocycles. The van der Waals surface area contributed by atoms with Crippen LogP contribution in [0, 0.1) is 6.92 Å². The van der Waals surface area contributed by atoms with Crippen molar-refractivity contribution < 1.29 is 14.3 Å². The van der Waals surface area contributed by atoms with Gasteiger partial charge in [0.1, 0.15) is 5.75 Å². The molecule has 0 aliphatic carbocycles. The van der Waals surface area contributed by atoms with Crippen molar-refractivity contribution in [3.05, 3.63) is 58.6 Å². The maximum Gasteiger partial charge on any atom is 0.266 e. The Hall–Kier alpha value is -2.53. The van der Waals surface area contributed by atoms with E-state index in [2.05, 4.69) is 10.6 Å². The van der Waals surface area contributed by atoms with E-state index in [1.54, 1.807) is 6.07 Å². The summed E-state index contributed by atoms with van der Waals surface area (Å²) in [7, 11) is 0. The van der Waals surface area contributed by atoms with Gasteiger partial charge in [0.05, 0.1) is 12.1 Å². The van der Waals surface area contributed by atoms with E-state index in [4.69, 9.17) is 16.3 Å². The van der Waals surface area contributed by atoms with Crippen molar-refractivity contribution in [1.82, 2.24) is 5.32 Å². The first kappa shape index (κ1) is 17.3. The molecule has 2 aromatic rings. The van der Waals surface area contributed by atoms with Gasteiger partial charge < -0.3 is 15.4 Å². The van der Waals surface area contributed by atoms with Crippen LogP contribution in [0.15, 0.2) is 42.5 Å². The summed E-state index contributed by atoms with van der Waals surface area (Å²) >= 11 is 5.84. The van der Waals surface area contributed by atoms with Crippen molar-refractivity contribution in [2.75, 3.05) is 11.9 Å². The molecule has 1 unspecified atom stereocenters. The summed E-state index contributed by atoms with van der Waals surface area (Å²) in [5.41, 5.74) is 2.76. The molecule has 130 valence electrons. The summed E-state index contributed by atoms with van der Waals surface area (Å²) in [5.74, 6) is 0.0693. The lowest BCUT2D eigenvalue weighted by Crippen LogP contribution is -2.41. The van der Waals surface area contributed by atoms with Crippen LogP contribution in [0.4, 0.5) is 5.69 Å².